The number of benzene rings is 1. The van der Waals surface area contributed by atoms with Crippen molar-refractivity contribution in [2.45, 2.75) is 128 Å². The van der Waals surface area contributed by atoms with E-state index in [1.165, 1.54) is 11.8 Å². The number of likely N-dealkylation sites (tertiary alicyclic amines) is 1. The average Bonchev–Trinajstić information content (AvgIpc) is 3.45. The lowest BCUT2D eigenvalue weighted by atomic mass is 9.76. The number of imide groups is 1. The van der Waals surface area contributed by atoms with Gasteiger partial charge in [-0.2, -0.15) is 0 Å². The van der Waals surface area contributed by atoms with Gasteiger partial charge in [-0.15, -0.1) is 11.8 Å². The molecule has 0 aromatic heterocycles. The minimum absolute atomic E-state index is 0.00505. The summed E-state index contributed by atoms with van der Waals surface area (Å²) in [4.78, 5) is 105. The van der Waals surface area contributed by atoms with Gasteiger partial charge in [0.05, 0.1) is 17.3 Å². The van der Waals surface area contributed by atoms with E-state index in [2.05, 4.69) is 21.3 Å². The third kappa shape index (κ3) is 15.2. The zero-order valence-electron chi connectivity index (χ0n) is 37.2. The summed E-state index contributed by atoms with van der Waals surface area (Å²) in [5.74, 6) is -5.32. The third-order valence-electron chi connectivity index (χ3n) is 10.8. The van der Waals surface area contributed by atoms with Crippen molar-refractivity contribution in [2.24, 2.45) is 17.1 Å². The molecule has 0 aliphatic carbocycles. The average molecular weight is 874 g/mol. The first-order chi connectivity index (χ1) is 28.3. The van der Waals surface area contributed by atoms with E-state index in [0.717, 1.165) is 22.2 Å². The minimum Gasteiger partial charge on any atom is -0.480 e. The van der Waals surface area contributed by atoms with Gasteiger partial charge in [0.25, 0.3) is 0 Å². The van der Waals surface area contributed by atoms with Crippen LogP contribution in [0.4, 0.5) is 0 Å². The molecule has 0 spiro atoms. The lowest BCUT2D eigenvalue weighted by Gasteiger charge is -2.40. The molecule has 0 radical (unpaired) electrons. The van der Waals surface area contributed by atoms with Crippen molar-refractivity contribution in [2.75, 3.05) is 32.9 Å². The van der Waals surface area contributed by atoms with Crippen LogP contribution in [-0.4, -0.2) is 136 Å². The summed E-state index contributed by atoms with van der Waals surface area (Å²) < 4.78 is 0. The van der Waals surface area contributed by atoms with Crippen LogP contribution in [-0.2, 0) is 43.8 Å². The number of nitrogens with two attached hydrogens (primary N) is 1. The zero-order valence-corrected chi connectivity index (χ0v) is 38.0. The molecule has 18 heteroatoms. The zero-order chi connectivity index (χ0) is 46.4. The number of hydrogen-bond acceptors (Lipinski definition) is 11. The van der Waals surface area contributed by atoms with Gasteiger partial charge in [-0.1, -0.05) is 84.9 Å². The Morgan fingerprint density at radius 1 is 0.967 bits per heavy atom. The number of rotatable bonds is 24. The first-order valence-electron chi connectivity index (χ1n) is 20.6. The van der Waals surface area contributed by atoms with Crippen LogP contribution in [0, 0.1) is 11.3 Å². The van der Waals surface area contributed by atoms with Crippen molar-refractivity contribution in [3.05, 3.63) is 47.5 Å². The van der Waals surface area contributed by atoms with Gasteiger partial charge in [-0.3, -0.25) is 38.5 Å². The maximum atomic E-state index is 14.2. The predicted molar refractivity (Wildman–Crippen MR) is 233 cm³/mol. The molecule has 8 N–H and O–H groups in total. The first-order valence-corrected chi connectivity index (χ1v) is 21.6. The highest BCUT2D eigenvalue weighted by Gasteiger charge is 2.42. The second-order valence-electron chi connectivity index (χ2n) is 17.5. The van der Waals surface area contributed by atoms with Crippen LogP contribution in [0.15, 0.2) is 42.0 Å². The van der Waals surface area contributed by atoms with Gasteiger partial charge in [0, 0.05) is 49.7 Å². The summed E-state index contributed by atoms with van der Waals surface area (Å²) in [6.45, 7) is 15.1. The Balaban J connectivity index is 1.99. The van der Waals surface area contributed by atoms with E-state index in [-0.39, 0.29) is 67.3 Å². The Bertz CT molecular complexity index is 1760. The highest BCUT2D eigenvalue weighted by molar-refractivity contribution is 8.00. The number of aliphatic carboxylic acids is 2. The number of unbranched alkanes of at least 4 members (excludes halogenated alkanes) is 1. The van der Waals surface area contributed by atoms with Crippen LogP contribution in [0.3, 0.4) is 0 Å². The molecule has 6 amide bonds. The van der Waals surface area contributed by atoms with Crippen molar-refractivity contribution in [3.63, 3.8) is 0 Å². The van der Waals surface area contributed by atoms with Crippen LogP contribution in [0.1, 0.15) is 93.1 Å². The Labute approximate surface area is 363 Å². The predicted octanol–water partition coefficient (Wildman–Crippen LogP) is 2.03. The lowest BCUT2D eigenvalue weighted by molar-refractivity contribution is -0.142. The molecule has 2 unspecified atom stereocenters. The fraction of sp³-hybridized carbons (Fsp3) is 0.628. The number of nitrogens with zero attached hydrogens (tertiary/aromatic N) is 2. The second-order valence-corrected chi connectivity index (χ2v) is 18.7. The smallest absolute Gasteiger partial charge is 0.326 e. The van der Waals surface area contributed by atoms with Crippen LogP contribution >= 0.6 is 11.8 Å². The molecule has 17 nitrogen and oxygen atoms in total. The number of carbonyl (C=O) groups excluding carboxylic acids is 6. The highest BCUT2D eigenvalue weighted by Crippen LogP contribution is 2.29. The number of thioether (sulfide) groups is 1. The van der Waals surface area contributed by atoms with E-state index in [9.17, 15) is 43.5 Å². The van der Waals surface area contributed by atoms with Gasteiger partial charge in [0.2, 0.25) is 35.4 Å². The van der Waals surface area contributed by atoms with E-state index in [0.29, 0.717) is 12.8 Å². The van der Waals surface area contributed by atoms with Gasteiger partial charge >= 0.3 is 11.9 Å². The minimum atomic E-state index is -1.39. The number of carbonyl (C=O) groups is 8. The molecule has 0 saturated carbocycles. The molecule has 0 bridgehead atoms. The van der Waals surface area contributed by atoms with E-state index in [1.54, 1.807) is 20.2 Å². The molecule has 1 aromatic rings. The normalized spacial score (nSPS) is 17.3. The molecular weight excluding hydrogens is 807 g/mol. The van der Waals surface area contributed by atoms with Gasteiger partial charge in [0.15, 0.2) is 0 Å². The Kier molecular flexibility index (Phi) is 20.1. The van der Waals surface area contributed by atoms with Crippen LogP contribution in [0.5, 0.6) is 0 Å². The van der Waals surface area contributed by atoms with E-state index in [1.807, 2.05) is 78.8 Å². The molecule has 61 heavy (non-hydrogen) atoms. The number of hydrogen-bond donors (Lipinski definition) is 7. The van der Waals surface area contributed by atoms with Gasteiger partial charge in [0.1, 0.15) is 18.1 Å². The van der Waals surface area contributed by atoms with Crippen molar-refractivity contribution >= 4 is 59.1 Å². The number of likely N-dealkylation sites (N-methyl/N-ethyl adjacent to an activating group) is 2. The van der Waals surface area contributed by atoms with Gasteiger partial charge in [-0.25, -0.2) is 4.79 Å². The molecule has 2 rings (SSSR count). The quantitative estimate of drug-likeness (QED) is 0.0447. The number of carboxylic acid groups (broad SMARTS) is 2. The number of nitrogens with one attached hydrogen (secondary N) is 4. The van der Waals surface area contributed by atoms with Gasteiger partial charge < -0.3 is 42.1 Å². The van der Waals surface area contributed by atoms with Crippen molar-refractivity contribution in [3.8, 4) is 0 Å². The summed E-state index contributed by atoms with van der Waals surface area (Å²) in [5.41, 5.74) is 5.28. The summed E-state index contributed by atoms with van der Waals surface area (Å²) in [6, 6.07) is 4.86. The van der Waals surface area contributed by atoms with Crippen molar-refractivity contribution in [1.82, 2.24) is 31.1 Å². The number of carboxylic acids is 2. The molecule has 1 saturated heterocycles. The van der Waals surface area contributed by atoms with E-state index < -0.39 is 75.9 Å². The molecular formula is C43H67N7O10S. The highest BCUT2D eigenvalue weighted by atomic mass is 32.2. The molecule has 1 aromatic carbocycles. The Morgan fingerprint density at radius 3 is 2.13 bits per heavy atom. The van der Waals surface area contributed by atoms with Crippen LogP contribution in [0.2, 0.25) is 0 Å². The summed E-state index contributed by atoms with van der Waals surface area (Å²) in [5, 5.41) is 29.4. The summed E-state index contributed by atoms with van der Waals surface area (Å²) in [6.07, 6.45) is 1.98. The van der Waals surface area contributed by atoms with Crippen LogP contribution in [0.25, 0.3) is 0 Å². The maximum Gasteiger partial charge on any atom is 0.326 e. The molecule has 340 valence electrons. The van der Waals surface area contributed by atoms with Gasteiger partial charge in [-0.05, 0) is 50.1 Å². The lowest BCUT2D eigenvalue weighted by Crippen LogP contribution is -2.61. The molecule has 1 heterocycles. The molecule has 1 fully saturated rings. The topological polar surface area (TPSA) is 258 Å². The largest absolute Gasteiger partial charge is 0.480 e. The Hall–Kier alpha value is -4.81. The van der Waals surface area contributed by atoms with E-state index in [4.69, 9.17) is 10.8 Å². The number of amides is 6. The second kappa shape index (κ2) is 23.4. The first kappa shape index (κ1) is 52.3. The monoisotopic (exact) mass is 873 g/mol. The molecule has 6 atom stereocenters. The third-order valence-corrected chi connectivity index (χ3v) is 12.2. The fourth-order valence-corrected chi connectivity index (χ4v) is 8.10. The maximum absolute atomic E-state index is 14.2. The SMILES string of the molecule is CN[C@H](C(=O)NC(C(=O)N(C)[C@H](/C=C(\C)C(=O)N[C@H](CCC(=O)NCCCCN1C(=O)CC(SC[C@H](N)C(=O)O)C1=O)C(=O)O)C(C)C)C(C)(C)C)C(C)(C)c1ccccc1. The summed E-state index contributed by atoms with van der Waals surface area (Å²) in [7, 11) is 3.30. The van der Waals surface area contributed by atoms with Crippen LogP contribution < -0.4 is 27.0 Å². The molecule has 1 aliphatic heterocycles. The summed E-state index contributed by atoms with van der Waals surface area (Å²) >= 11 is 1.03. The standard InChI is InChI=1S/C43H67N7O10S/c1-25(2)30(49(10)39(56)35(42(4,5)6)48-37(54)34(45-9)43(7,8)27-16-12-11-13-17-27)22-26(3)36(53)47-29(41(59)60)18-19-32(51)46-20-14-15-21-50-33(52)23-31(38(50)55)61-24-28(44)40(57)58/h11-13,16-17,22,25,28-31,34-35,45H,14-15,18-21,23-24,44H2,1-10H3,(H,46,51)(H,47,53)(H,48,54)(H,57,58)(H,59,60)/b26-22+/t28-,29+,30+,31?,34+,35?/m0/s1. The van der Waals surface area contributed by atoms with E-state index >= 15 is 0 Å². The van der Waals surface area contributed by atoms with Crippen molar-refractivity contribution < 1.29 is 48.6 Å². The fourth-order valence-electron chi connectivity index (χ4n) is 6.99. The van der Waals surface area contributed by atoms with Crippen molar-refractivity contribution in [1.29, 1.82) is 0 Å². The molecule has 1 aliphatic rings. The Morgan fingerprint density at radius 2 is 1.59 bits per heavy atom.